The first-order valence-electron chi connectivity index (χ1n) is 13.1. The van der Waals surface area contributed by atoms with Gasteiger partial charge in [-0.2, -0.15) is 0 Å². The first-order chi connectivity index (χ1) is 18.8. The molecule has 39 heavy (non-hydrogen) atoms. The Morgan fingerprint density at radius 2 is 1.59 bits per heavy atom. The number of fused-ring (bicyclic) bond motifs is 2. The van der Waals surface area contributed by atoms with E-state index in [1.54, 1.807) is 11.8 Å². The fraction of sp³-hybridized carbons (Fsp3) is 0.300. The van der Waals surface area contributed by atoms with Crippen LogP contribution < -0.4 is 10.2 Å². The molecule has 0 spiro atoms. The lowest BCUT2D eigenvalue weighted by Gasteiger charge is -2.40. The molecule has 3 unspecified atom stereocenters. The summed E-state index contributed by atoms with van der Waals surface area (Å²) in [5.74, 6) is -0.473. The average molecular weight is 563 g/mol. The highest BCUT2D eigenvalue weighted by molar-refractivity contribution is 6.31. The van der Waals surface area contributed by atoms with E-state index in [2.05, 4.69) is 5.32 Å². The first kappa shape index (κ1) is 25.7. The number of halogens is 2. The summed E-state index contributed by atoms with van der Waals surface area (Å²) in [5, 5.41) is 4.17. The maximum Gasteiger partial charge on any atom is 0.251 e. The second-order valence-corrected chi connectivity index (χ2v) is 11.2. The topological polar surface area (TPSA) is 73.0 Å². The van der Waals surface area contributed by atoms with Gasteiger partial charge in [-0.1, -0.05) is 59.6 Å². The number of amides is 3. The molecule has 1 N–H and O–H groups in total. The molecule has 1 fully saturated rings. The molecule has 0 saturated carbocycles. The largest absolute Gasteiger partial charge is 0.343 e. The smallest absolute Gasteiger partial charge is 0.251 e. The van der Waals surface area contributed by atoms with Gasteiger partial charge in [0.05, 0.1) is 0 Å². The van der Waals surface area contributed by atoms with Crippen molar-refractivity contribution >= 4 is 52.3 Å². The number of benzene rings is 3. The van der Waals surface area contributed by atoms with Gasteiger partial charge in [0.15, 0.2) is 0 Å². The minimum Gasteiger partial charge on any atom is -0.343 e. The maximum absolute atomic E-state index is 14.5. The van der Waals surface area contributed by atoms with Crippen LogP contribution in [0.3, 0.4) is 0 Å². The average Bonchev–Trinajstić information content (AvgIpc) is 3.41. The summed E-state index contributed by atoms with van der Waals surface area (Å²) in [6.07, 6.45) is 0.561. The summed E-state index contributed by atoms with van der Waals surface area (Å²) < 4.78 is 0. The predicted octanol–water partition coefficient (Wildman–Crippen LogP) is 4.89. The van der Waals surface area contributed by atoms with Crippen molar-refractivity contribution in [1.29, 1.82) is 0 Å². The molecular formula is C30H28Cl2N4O3. The van der Waals surface area contributed by atoms with Gasteiger partial charge < -0.3 is 20.0 Å². The fourth-order valence-corrected chi connectivity index (χ4v) is 6.57. The Hall–Kier alpha value is -3.55. The number of anilines is 2. The van der Waals surface area contributed by atoms with Gasteiger partial charge in [-0.05, 0) is 47.9 Å². The third kappa shape index (κ3) is 4.64. The minimum atomic E-state index is -0.685. The van der Waals surface area contributed by atoms with Gasteiger partial charge in [-0.3, -0.25) is 14.4 Å². The Balaban J connectivity index is 1.46. The molecule has 3 aromatic carbocycles. The zero-order chi connectivity index (χ0) is 27.3. The van der Waals surface area contributed by atoms with Crippen LogP contribution in [0.5, 0.6) is 0 Å². The number of rotatable bonds is 4. The number of carbonyl (C=O) groups is 3. The van der Waals surface area contributed by atoms with E-state index in [0.717, 1.165) is 28.1 Å². The number of nitrogens with zero attached hydrogens (tertiary/aromatic N) is 3. The molecule has 0 radical (unpaired) electrons. The maximum atomic E-state index is 14.5. The van der Waals surface area contributed by atoms with E-state index in [1.807, 2.05) is 76.5 Å². The zero-order valence-corrected chi connectivity index (χ0v) is 23.0. The molecule has 0 bridgehead atoms. The van der Waals surface area contributed by atoms with E-state index in [-0.39, 0.29) is 23.6 Å². The molecule has 3 atom stereocenters. The Bertz CT molecular complexity index is 1470. The van der Waals surface area contributed by atoms with Gasteiger partial charge >= 0.3 is 0 Å². The molecule has 3 heterocycles. The molecule has 0 aliphatic carbocycles. The Labute approximate surface area is 237 Å². The second kappa shape index (κ2) is 10.2. The molecule has 3 amide bonds. The molecule has 1 saturated heterocycles. The van der Waals surface area contributed by atoms with Crippen LogP contribution in [0.4, 0.5) is 11.4 Å². The number of piperazine rings is 1. The highest BCUT2D eigenvalue weighted by atomic mass is 35.5. The van der Waals surface area contributed by atoms with Crippen LogP contribution in [0.25, 0.3) is 0 Å². The van der Waals surface area contributed by atoms with E-state index in [1.165, 1.54) is 0 Å². The summed E-state index contributed by atoms with van der Waals surface area (Å²) in [6, 6.07) is 19.6. The predicted molar refractivity (Wildman–Crippen MR) is 152 cm³/mol. The van der Waals surface area contributed by atoms with Crippen LogP contribution in [0.2, 0.25) is 10.0 Å². The van der Waals surface area contributed by atoms with Crippen molar-refractivity contribution in [3.05, 3.63) is 93.5 Å². The molecule has 9 heteroatoms. The van der Waals surface area contributed by atoms with Crippen LogP contribution in [0.15, 0.2) is 66.7 Å². The van der Waals surface area contributed by atoms with Crippen molar-refractivity contribution in [3.63, 3.8) is 0 Å². The third-order valence-electron chi connectivity index (χ3n) is 8.03. The second-order valence-electron chi connectivity index (χ2n) is 10.3. The van der Waals surface area contributed by atoms with Gasteiger partial charge in [0.2, 0.25) is 11.8 Å². The molecular weight excluding hydrogens is 535 g/mol. The highest BCUT2D eigenvalue weighted by Gasteiger charge is 2.51. The van der Waals surface area contributed by atoms with E-state index < -0.39 is 12.1 Å². The van der Waals surface area contributed by atoms with E-state index in [9.17, 15) is 14.4 Å². The zero-order valence-electron chi connectivity index (χ0n) is 21.4. The first-order valence-corrected chi connectivity index (χ1v) is 13.8. The van der Waals surface area contributed by atoms with Gasteiger partial charge in [-0.15, -0.1) is 0 Å². The fourth-order valence-electron chi connectivity index (χ4n) is 6.19. The van der Waals surface area contributed by atoms with Gasteiger partial charge in [0, 0.05) is 66.0 Å². The molecule has 200 valence electrons. The third-order valence-corrected chi connectivity index (χ3v) is 8.50. The van der Waals surface area contributed by atoms with E-state index >= 15 is 0 Å². The number of carbonyl (C=O) groups excluding carboxylic acids is 3. The normalized spacial score (nSPS) is 22.0. The summed E-state index contributed by atoms with van der Waals surface area (Å²) in [4.78, 5) is 45.5. The lowest BCUT2D eigenvalue weighted by Crippen LogP contribution is -2.56. The van der Waals surface area contributed by atoms with Crippen molar-refractivity contribution in [2.75, 3.05) is 36.4 Å². The number of para-hydroxylation sites is 1. The number of nitrogens with one attached hydrogen (secondary N) is 1. The lowest BCUT2D eigenvalue weighted by molar-refractivity contribution is -0.139. The van der Waals surface area contributed by atoms with Crippen LogP contribution in [-0.4, -0.2) is 59.7 Å². The van der Waals surface area contributed by atoms with Gasteiger partial charge in [-0.25, -0.2) is 0 Å². The molecule has 6 rings (SSSR count). The monoisotopic (exact) mass is 562 g/mol. The molecule has 3 aliphatic heterocycles. The summed E-state index contributed by atoms with van der Waals surface area (Å²) >= 11 is 12.8. The molecule has 3 aliphatic rings. The van der Waals surface area contributed by atoms with Crippen molar-refractivity contribution in [3.8, 4) is 0 Å². The quantitative estimate of drug-likeness (QED) is 0.491. The summed E-state index contributed by atoms with van der Waals surface area (Å²) in [5.41, 5.74) is 4.33. The Morgan fingerprint density at radius 3 is 2.33 bits per heavy atom. The SMILES string of the molecule is CC(=O)N1CCN(C(=O)C2C(Cc3cccc(Cl)c3)c3ccc(Cl)cc3N2C2C(=O)Nc3ccccc32)CC1. The van der Waals surface area contributed by atoms with Crippen LogP contribution in [-0.2, 0) is 20.8 Å². The van der Waals surface area contributed by atoms with Crippen molar-refractivity contribution in [2.24, 2.45) is 0 Å². The van der Waals surface area contributed by atoms with Crippen molar-refractivity contribution in [2.45, 2.75) is 31.3 Å². The van der Waals surface area contributed by atoms with Gasteiger partial charge in [0.25, 0.3) is 5.91 Å². The Morgan fingerprint density at radius 1 is 0.872 bits per heavy atom. The van der Waals surface area contributed by atoms with Gasteiger partial charge in [0.1, 0.15) is 12.1 Å². The number of hydrogen-bond donors (Lipinski definition) is 1. The van der Waals surface area contributed by atoms with Crippen LogP contribution in [0, 0.1) is 0 Å². The standard InChI is InChI=1S/C30H28Cl2N4O3/c1-18(37)34-11-13-35(14-12-34)30(39)28-24(16-19-5-4-6-20(31)15-19)22-10-9-21(32)17-26(22)36(28)27-23-7-2-3-8-25(23)33-29(27)38/h2-10,15,17,24,27-28H,11-14,16H2,1H3,(H,33,38). The van der Waals surface area contributed by atoms with E-state index in [0.29, 0.717) is 42.6 Å². The molecule has 7 nitrogen and oxygen atoms in total. The van der Waals surface area contributed by atoms with Crippen LogP contribution >= 0.6 is 23.2 Å². The highest BCUT2D eigenvalue weighted by Crippen LogP contribution is 2.50. The van der Waals surface area contributed by atoms with Crippen molar-refractivity contribution in [1.82, 2.24) is 9.80 Å². The van der Waals surface area contributed by atoms with Crippen molar-refractivity contribution < 1.29 is 14.4 Å². The summed E-state index contributed by atoms with van der Waals surface area (Å²) in [7, 11) is 0. The van der Waals surface area contributed by atoms with Crippen LogP contribution in [0.1, 0.15) is 35.6 Å². The van der Waals surface area contributed by atoms with E-state index in [4.69, 9.17) is 23.2 Å². The lowest BCUT2D eigenvalue weighted by atomic mass is 9.87. The minimum absolute atomic E-state index is 0.00436. The molecule has 3 aromatic rings. The summed E-state index contributed by atoms with van der Waals surface area (Å²) in [6.45, 7) is 3.40. The Kier molecular flexibility index (Phi) is 6.73. The number of hydrogen-bond acceptors (Lipinski definition) is 4. The molecule has 0 aromatic heterocycles.